The molecule has 1 heterocycles. The van der Waals surface area contributed by atoms with Gasteiger partial charge in [0, 0.05) is 6.42 Å². The van der Waals surface area contributed by atoms with Gasteiger partial charge in [0.2, 0.25) is 0 Å². The molecule has 1 unspecified atom stereocenters. The molecule has 2 rings (SSSR count). The highest BCUT2D eigenvalue weighted by atomic mass is 16.5. The molecule has 1 aliphatic rings. The van der Waals surface area contributed by atoms with E-state index in [0.29, 0.717) is 12.2 Å². The summed E-state index contributed by atoms with van der Waals surface area (Å²) in [5, 5.41) is 0. The highest BCUT2D eigenvalue weighted by molar-refractivity contribution is 5.83. The molecule has 0 bridgehead atoms. The minimum absolute atomic E-state index is 0.301. The van der Waals surface area contributed by atoms with Gasteiger partial charge in [0.1, 0.15) is 17.6 Å². The van der Waals surface area contributed by atoms with Gasteiger partial charge in [0.25, 0.3) is 0 Å². The molecular formula is C17H20O4. The molecule has 0 saturated heterocycles. The number of hydrogen-bond donors (Lipinski definition) is 0. The Bertz CT molecular complexity index is 599. The van der Waals surface area contributed by atoms with Crippen LogP contribution in [0.3, 0.4) is 0 Å². The fourth-order valence-electron chi connectivity index (χ4n) is 2.24. The van der Waals surface area contributed by atoms with Crippen LogP contribution in [-0.2, 0) is 14.3 Å². The maximum Gasteiger partial charge on any atom is 0.334 e. The molecule has 0 N–H and O–H groups in total. The summed E-state index contributed by atoms with van der Waals surface area (Å²) in [7, 11) is 3.22. The van der Waals surface area contributed by atoms with Crippen molar-refractivity contribution < 1.29 is 19.0 Å². The monoisotopic (exact) mass is 288 g/mol. The first-order valence-electron chi connectivity index (χ1n) is 6.82. The number of esters is 1. The molecule has 0 spiro atoms. The third-order valence-corrected chi connectivity index (χ3v) is 3.58. The van der Waals surface area contributed by atoms with Gasteiger partial charge in [-0.15, -0.1) is 0 Å². The molecule has 0 aromatic heterocycles. The van der Waals surface area contributed by atoms with Crippen LogP contribution >= 0.6 is 0 Å². The van der Waals surface area contributed by atoms with Gasteiger partial charge in [0.15, 0.2) is 0 Å². The Hall–Kier alpha value is -2.23. The lowest BCUT2D eigenvalue weighted by molar-refractivity contribution is -0.142. The van der Waals surface area contributed by atoms with E-state index in [4.69, 9.17) is 14.2 Å². The predicted octanol–water partition coefficient (Wildman–Crippen LogP) is 3.17. The molecule has 0 radical (unpaired) electrons. The Morgan fingerprint density at radius 1 is 1.24 bits per heavy atom. The van der Waals surface area contributed by atoms with Gasteiger partial charge in [-0.3, -0.25) is 0 Å². The molecule has 0 saturated carbocycles. The van der Waals surface area contributed by atoms with Gasteiger partial charge >= 0.3 is 5.97 Å². The molecule has 0 fully saturated rings. The van der Waals surface area contributed by atoms with Crippen molar-refractivity contribution in [2.75, 3.05) is 14.2 Å². The number of carbonyl (C=O) groups excluding carboxylic acids is 1. The summed E-state index contributed by atoms with van der Waals surface area (Å²) in [5.41, 5.74) is 3.30. The average Bonchev–Trinajstić information content (AvgIpc) is 2.47. The van der Waals surface area contributed by atoms with Crippen LogP contribution in [0, 0.1) is 13.8 Å². The van der Waals surface area contributed by atoms with Gasteiger partial charge in [-0.25, -0.2) is 4.79 Å². The number of methoxy groups -OCH3 is 2. The SMILES string of the molecule is COC1=CC(=O)OC(/C=C/c2cc(C)c(C)c(OC)c2)C1. The van der Waals surface area contributed by atoms with Gasteiger partial charge in [0.05, 0.1) is 20.3 Å². The van der Waals surface area contributed by atoms with Crippen molar-refractivity contribution in [3.8, 4) is 5.75 Å². The minimum Gasteiger partial charge on any atom is -0.501 e. The number of rotatable bonds is 4. The van der Waals surface area contributed by atoms with E-state index < -0.39 is 0 Å². The smallest absolute Gasteiger partial charge is 0.334 e. The summed E-state index contributed by atoms with van der Waals surface area (Å²) in [6, 6.07) is 4.04. The van der Waals surface area contributed by atoms with Crippen LogP contribution < -0.4 is 4.74 Å². The number of benzene rings is 1. The zero-order valence-electron chi connectivity index (χ0n) is 12.8. The number of hydrogen-bond acceptors (Lipinski definition) is 4. The topological polar surface area (TPSA) is 44.8 Å². The van der Waals surface area contributed by atoms with E-state index in [1.165, 1.54) is 6.08 Å². The Morgan fingerprint density at radius 3 is 2.67 bits per heavy atom. The summed E-state index contributed by atoms with van der Waals surface area (Å²) < 4.78 is 15.7. The summed E-state index contributed by atoms with van der Waals surface area (Å²) in [6.07, 6.45) is 5.44. The van der Waals surface area contributed by atoms with Crippen molar-refractivity contribution >= 4 is 12.0 Å². The molecule has 1 aromatic carbocycles. The lowest BCUT2D eigenvalue weighted by Crippen LogP contribution is -2.21. The quantitative estimate of drug-likeness (QED) is 0.798. The fourth-order valence-corrected chi connectivity index (χ4v) is 2.24. The maximum atomic E-state index is 11.4. The van der Waals surface area contributed by atoms with Crippen molar-refractivity contribution in [2.45, 2.75) is 26.4 Å². The van der Waals surface area contributed by atoms with Crippen LogP contribution in [0.2, 0.25) is 0 Å². The number of ether oxygens (including phenoxy) is 3. The van der Waals surface area contributed by atoms with Crippen LogP contribution in [0.15, 0.2) is 30.0 Å². The normalized spacial score (nSPS) is 18.4. The zero-order valence-corrected chi connectivity index (χ0v) is 12.8. The van der Waals surface area contributed by atoms with Crippen molar-refractivity contribution in [3.05, 3.63) is 46.7 Å². The first-order valence-corrected chi connectivity index (χ1v) is 6.82. The summed E-state index contributed by atoms with van der Waals surface area (Å²) in [6.45, 7) is 4.07. The van der Waals surface area contributed by atoms with Gasteiger partial charge in [-0.1, -0.05) is 12.1 Å². The molecule has 112 valence electrons. The van der Waals surface area contributed by atoms with Crippen molar-refractivity contribution in [1.29, 1.82) is 0 Å². The third-order valence-electron chi connectivity index (χ3n) is 3.58. The summed E-state index contributed by atoms with van der Waals surface area (Å²) in [5.74, 6) is 1.12. The highest BCUT2D eigenvalue weighted by Gasteiger charge is 2.19. The van der Waals surface area contributed by atoms with Crippen LogP contribution in [0.4, 0.5) is 0 Å². The van der Waals surface area contributed by atoms with E-state index in [2.05, 4.69) is 6.07 Å². The van der Waals surface area contributed by atoms with Gasteiger partial charge in [-0.2, -0.15) is 0 Å². The van der Waals surface area contributed by atoms with E-state index in [9.17, 15) is 4.79 Å². The second-order valence-corrected chi connectivity index (χ2v) is 5.02. The fraction of sp³-hybridized carbons (Fsp3) is 0.353. The third kappa shape index (κ3) is 3.66. The Morgan fingerprint density at radius 2 is 2.00 bits per heavy atom. The number of cyclic esters (lactones) is 1. The van der Waals surface area contributed by atoms with Crippen molar-refractivity contribution in [3.63, 3.8) is 0 Å². The maximum absolute atomic E-state index is 11.4. The van der Waals surface area contributed by atoms with Crippen LogP contribution in [0.1, 0.15) is 23.1 Å². The van der Waals surface area contributed by atoms with E-state index >= 15 is 0 Å². The summed E-state index contributed by atoms with van der Waals surface area (Å²) >= 11 is 0. The second-order valence-electron chi connectivity index (χ2n) is 5.02. The van der Waals surface area contributed by atoms with E-state index in [1.807, 2.05) is 32.1 Å². The Labute approximate surface area is 125 Å². The van der Waals surface area contributed by atoms with Crippen LogP contribution in [-0.4, -0.2) is 26.3 Å². The lowest BCUT2D eigenvalue weighted by atomic mass is 10.0. The largest absolute Gasteiger partial charge is 0.501 e. The van der Waals surface area contributed by atoms with Gasteiger partial charge < -0.3 is 14.2 Å². The molecule has 1 aromatic rings. The summed E-state index contributed by atoms with van der Waals surface area (Å²) in [4.78, 5) is 11.4. The first-order chi connectivity index (χ1) is 10.0. The first kappa shape index (κ1) is 15.2. The van der Waals surface area contributed by atoms with Crippen molar-refractivity contribution in [2.24, 2.45) is 0 Å². The molecule has 0 aliphatic carbocycles. The van der Waals surface area contributed by atoms with Crippen LogP contribution in [0.25, 0.3) is 6.08 Å². The Kier molecular flexibility index (Phi) is 4.68. The molecular weight excluding hydrogens is 268 g/mol. The molecule has 21 heavy (non-hydrogen) atoms. The molecule has 0 amide bonds. The highest BCUT2D eigenvalue weighted by Crippen LogP contribution is 2.25. The lowest BCUT2D eigenvalue weighted by Gasteiger charge is -2.19. The minimum atomic E-state index is -0.370. The Balaban J connectivity index is 2.17. The van der Waals surface area contributed by atoms with Crippen molar-refractivity contribution in [1.82, 2.24) is 0 Å². The second kappa shape index (κ2) is 6.48. The van der Waals surface area contributed by atoms with Crippen LogP contribution in [0.5, 0.6) is 5.75 Å². The average molecular weight is 288 g/mol. The van der Waals surface area contributed by atoms with E-state index in [-0.39, 0.29) is 12.1 Å². The molecule has 1 aliphatic heterocycles. The standard InChI is InChI=1S/C17H20O4/c1-11-7-13(8-16(20-4)12(11)2)5-6-14-9-15(19-3)10-17(18)21-14/h5-8,10,14H,9H2,1-4H3/b6-5+. The number of aryl methyl sites for hydroxylation is 1. The van der Waals surface area contributed by atoms with Gasteiger partial charge in [-0.05, 0) is 42.7 Å². The van der Waals surface area contributed by atoms with E-state index in [0.717, 1.165) is 22.4 Å². The number of carbonyl (C=O) groups is 1. The molecule has 4 heteroatoms. The van der Waals surface area contributed by atoms with E-state index in [1.54, 1.807) is 14.2 Å². The molecule has 4 nitrogen and oxygen atoms in total. The predicted molar refractivity (Wildman–Crippen MR) is 81.1 cm³/mol. The zero-order chi connectivity index (χ0) is 15.4. The molecule has 1 atom stereocenters.